The first-order valence-electron chi connectivity index (χ1n) is 3.08. The summed E-state index contributed by atoms with van der Waals surface area (Å²) in [4.78, 5) is 8.19. The van der Waals surface area contributed by atoms with Crippen molar-refractivity contribution in [2.24, 2.45) is 9.98 Å². The van der Waals surface area contributed by atoms with Crippen LogP contribution < -0.4 is 0 Å². The molecule has 0 rings (SSSR count). The second kappa shape index (κ2) is 4.24. The first kappa shape index (κ1) is 8.34. The van der Waals surface area contributed by atoms with Crippen molar-refractivity contribution in [3.63, 3.8) is 0 Å². The van der Waals surface area contributed by atoms with E-state index in [1.165, 1.54) is 0 Å². The van der Waals surface area contributed by atoms with Gasteiger partial charge in [-0.15, -0.1) is 0 Å². The topological polar surface area (TPSA) is 24.7 Å². The van der Waals surface area contributed by atoms with Gasteiger partial charge in [0.05, 0.1) is 0 Å². The highest BCUT2D eigenvalue weighted by atomic mass is 14.9. The van der Waals surface area contributed by atoms with Crippen LogP contribution in [0, 0.1) is 0 Å². The highest BCUT2D eigenvalue weighted by molar-refractivity contribution is 5.80. The molecule has 2 heteroatoms. The fourth-order valence-electron chi connectivity index (χ4n) is 0.318. The van der Waals surface area contributed by atoms with Crippen molar-refractivity contribution < 1.29 is 0 Å². The summed E-state index contributed by atoms with van der Waals surface area (Å²) in [5.74, 6) is 0. The maximum Gasteiger partial charge on any atom is 0.129 e. The zero-order valence-electron chi connectivity index (χ0n) is 6.60. The third kappa shape index (κ3) is 7.34. The van der Waals surface area contributed by atoms with Crippen LogP contribution in [0.25, 0.3) is 0 Å². The largest absolute Gasteiger partial charge is 0.271 e. The van der Waals surface area contributed by atoms with E-state index in [0.29, 0.717) is 6.67 Å². The average molecular weight is 126 g/mol. The van der Waals surface area contributed by atoms with Gasteiger partial charge < -0.3 is 0 Å². The highest BCUT2D eigenvalue weighted by Gasteiger charge is 1.76. The Hall–Kier alpha value is -0.660. The van der Waals surface area contributed by atoms with Crippen LogP contribution in [0.15, 0.2) is 9.98 Å². The summed E-state index contributed by atoms with van der Waals surface area (Å²) in [6.45, 7) is 8.48. The third-order valence-electron chi connectivity index (χ3n) is 0.774. The summed E-state index contributed by atoms with van der Waals surface area (Å²) in [7, 11) is 0. The van der Waals surface area contributed by atoms with Crippen molar-refractivity contribution in [1.82, 2.24) is 0 Å². The second-order valence-electron chi connectivity index (χ2n) is 2.35. The van der Waals surface area contributed by atoms with Gasteiger partial charge in [0.1, 0.15) is 6.67 Å². The lowest BCUT2D eigenvalue weighted by Crippen LogP contribution is -1.86. The van der Waals surface area contributed by atoms with Crippen LogP contribution in [-0.2, 0) is 0 Å². The molecule has 0 N–H and O–H groups in total. The quantitative estimate of drug-likeness (QED) is 0.505. The fourth-order valence-corrected chi connectivity index (χ4v) is 0.318. The molecule has 0 amide bonds. The average Bonchev–Trinajstić information content (AvgIpc) is 1.63. The molecule has 0 bridgehead atoms. The van der Waals surface area contributed by atoms with Crippen molar-refractivity contribution in [2.45, 2.75) is 27.7 Å². The Morgan fingerprint density at radius 2 is 1.22 bits per heavy atom. The van der Waals surface area contributed by atoms with Crippen LogP contribution in [0.2, 0.25) is 0 Å². The van der Waals surface area contributed by atoms with Gasteiger partial charge in [-0.3, -0.25) is 9.98 Å². The van der Waals surface area contributed by atoms with Crippen molar-refractivity contribution in [3.05, 3.63) is 0 Å². The van der Waals surface area contributed by atoms with Crippen LogP contribution in [0.1, 0.15) is 27.7 Å². The molecule has 0 spiro atoms. The summed E-state index contributed by atoms with van der Waals surface area (Å²) in [6, 6.07) is 0. The normalized spacial score (nSPS) is 8.44. The van der Waals surface area contributed by atoms with Gasteiger partial charge in [0.15, 0.2) is 0 Å². The van der Waals surface area contributed by atoms with Crippen LogP contribution in [-0.4, -0.2) is 18.1 Å². The Balaban J connectivity index is 3.53. The number of hydrogen-bond donors (Lipinski definition) is 0. The van der Waals surface area contributed by atoms with Gasteiger partial charge in [-0.25, -0.2) is 0 Å². The molecule has 0 heterocycles. The van der Waals surface area contributed by atoms with E-state index in [1.807, 2.05) is 27.7 Å². The van der Waals surface area contributed by atoms with Gasteiger partial charge in [-0.1, -0.05) is 0 Å². The van der Waals surface area contributed by atoms with Crippen LogP contribution >= 0.6 is 0 Å². The molecule has 0 aromatic carbocycles. The Morgan fingerprint density at radius 1 is 0.889 bits per heavy atom. The molecule has 0 aliphatic rings. The van der Waals surface area contributed by atoms with E-state index in [1.54, 1.807) is 0 Å². The van der Waals surface area contributed by atoms with Crippen molar-refractivity contribution in [3.8, 4) is 0 Å². The van der Waals surface area contributed by atoms with Crippen molar-refractivity contribution >= 4 is 11.4 Å². The summed E-state index contributed by atoms with van der Waals surface area (Å²) in [5.41, 5.74) is 2.17. The standard InChI is InChI=1S/C7H14N2/c1-6(2)8-5-9-7(3)4/h5H2,1-4H3. The molecule has 52 valence electrons. The predicted molar refractivity (Wildman–Crippen MR) is 42.4 cm³/mol. The van der Waals surface area contributed by atoms with Crippen LogP contribution in [0.4, 0.5) is 0 Å². The zero-order chi connectivity index (χ0) is 7.28. The second-order valence-corrected chi connectivity index (χ2v) is 2.35. The predicted octanol–water partition coefficient (Wildman–Crippen LogP) is 1.91. The van der Waals surface area contributed by atoms with Crippen LogP contribution in [0.5, 0.6) is 0 Å². The minimum Gasteiger partial charge on any atom is -0.271 e. The fraction of sp³-hybridized carbons (Fsp3) is 0.714. The van der Waals surface area contributed by atoms with E-state index in [2.05, 4.69) is 9.98 Å². The number of hydrogen-bond acceptors (Lipinski definition) is 2. The Bertz CT molecular complexity index is 110. The highest BCUT2D eigenvalue weighted by Crippen LogP contribution is 1.79. The van der Waals surface area contributed by atoms with Gasteiger partial charge in [0.25, 0.3) is 0 Å². The van der Waals surface area contributed by atoms with Gasteiger partial charge in [-0.2, -0.15) is 0 Å². The van der Waals surface area contributed by atoms with Crippen molar-refractivity contribution in [2.75, 3.05) is 6.67 Å². The molecule has 9 heavy (non-hydrogen) atoms. The molecular weight excluding hydrogens is 112 g/mol. The Kier molecular flexibility index (Phi) is 3.93. The van der Waals surface area contributed by atoms with E-state index in [0.717, 1.165) is 11.4 Å². The molecule has 0 unspecified atom stereocenters. The van der Waals surface area contributed by atoms with Crippen molar-refractivity contribution in [1.29, 1.82) is 0 Å². The first-order valence-corrected chi connectivity index (χ1v) is 3.08. The molecule has 0 aliphatic heterocycles. The van der Waals surface area contributed by atoms with Gasteiger partial charge in [0.2, 0.25) is 0 Å². The van der Waals surface area contributed by atoms with Gasteiger partial charge >= 0.3 is 0 Å². The maximum atomic E-state index is 4.09. The lowest BCUT2D eigenvalue weighted by Gasteiger charge is -1.88. The Labute approximate surface area is 56.7 Å². The molecule has 2 nitrogen and oxygen atoms in total. The van der Waals surface area contributed by atoms with E-state index < -0.39 is 0 Å². The first-order chi connectivity index (χ1) is 4.13. The molecule has 0 aliphatic carbocycles. The van der Waals surface area contributed by atoms with E-state index in [9.17, 15) is 0 Å². The van der Waals surface area contributed by atoms with Crippen LogP contribution in [0.3, 0.4) is 0 Å². The lowest BCUT2D eigenvalue weighted by molar-refractivity contribution is 1.06. The molecule has 0 radical (unpaired) electrons. The SMILES string of the molecule is CC(C)=NCN=C(C)C. The minimum atomic E-state index is 0.588. The molecule has 0 aromatic heterocycles. The summed E-state index contributed by atoms with van der Waals surface area (Å²) >= 11 is 0. The third-order valence-corrected chi connectivity index (χ3v) is 0.774. The maximum absolute atomic E-state index is 4.09. The number of nitrogens with zero attached hydrogens (tertiary/aromatic N) is 2. The van der Waals surface area contributed by atoms with E-state index in [-0.39, 0.29) is 0 Å². The Morgan fingerprint density at radius 3 is 1.44 bits per heavy atom. The zero-order valence-corrected chi connectivity index (χ0v) is 6.60. The summed E-state index contributed by atoms with van der Waals surface area (Å²) in [5, 5.41) is 0. The smallest absolute Gasteiger partial charge is 0.129 e. The number of aliphatic imine (C=N–C) groups is 2. The van der Waals surface area contributed by atoms with E-state index >= 15 is 0 Å². The monoisotopic (exact) mass is 126 g/mol. The summed E-state index contributed by atoms with van der Waals surface area (Å²) < 4.78 is 0. The molecule has 0 atom stereocenters. The molecule has 0 fully saturated rings. The minimum absolute atomic E-state index is 0.588. The van der Waals surface area contributed by atoms with Gasteiger partial charge in [-0.05, 0) is 27.7 Å². The van der Waals surface area contributed by atoms with E-state index in [4.69, 9.17) is 0 Å². The number of rotatable bonds is 2. The molecular formula is C7H14N2. The molecule has 0 saturated carbocycles. The lowest BCUT2D eigenvalue weighted by atomic mass is 10.5. The summed E-state index contributed by atoms with van der Waals surface area (Å²) in [6.07, 6.45) is 0. The molecule has 0 saturated heterocycles. The molecule has 0 aromatic rings. The van der Waals surface area contributed by atoms with Gasteiger partial charge in [0, 0.05) is 11.4 Å².